The molecule has 0 saturated carbocycles. The van der Waals surface area contributed by atoms with Gasteiger partial charge in [0.05, 0.1) is 11.5 Å². The smallest absolute Gasteiger partial charge is 0.243 e. The van der Waals surface area contributed by atoms with Gasteiger partial charge in [0.15, 0.2) is 0 Å². The van der Waals surface area contributed by atoms with Crippen molar-refractivity contribution in [3.8, 4) is 0 Å². The number of benzene rings is 1. The second kappa shape index (κ2) is 5.77. The van der Waals surface area contributed by atoms with Gasteiger partial charge in [0, 0.05) is 25.7 Å². The molecule has 1 aliphatic heterocycles. The summed E-state index contributed by atoms with van der Waals surface area (Å²) in [6.07, 6.45) is 0. The van der Waals surface area contributed by atoms with Crippen LogP contribution in [0.2, 0.25) is 0 Å². The van der Waals surface area contributed by atoms with Crippen LogP contribution in [0.4, 0.5) is 4.39 Å². The first-order valence-corrected chi connectivity index (χ1v) is 7.90. The van der Waals surface area contributed by atoms with Crippen LogP contribution in [-0.2, 0) is 16.6 Å². The summed E-state index contributed by atoms with van der Waals surface area (Å²) < 4.78 is 40.1. The molecule has 1 N–H and O–H groups in total. The first-order valence-electron chi connectivity index (χ1n) is 6.46. The number of rotatable bonds is 3. The summed E-state index contributed by atoms with van der Waals surface area (Å²) in [5.41, 5.74) is 0.220. The second-order valence-corrected chi connectivity index (χ2v) is 7.00. The van der Waals surface area contributed by atoms with Gasteiger partial charge < -0.3 is 10.0 Å². The summed E-state index contributed by atoms with van der Waals surface area (Å²) in [4.78, 5) is 1.91. The Morgan fingerprint density at radius 3 is 2.70 bits per heavy atom. The molecule has 20 heavy (non-hydrogen) atoms. The van der Waals surface area contributed by atoms with Crippen molar-refractivity contribution in [2.24, 2.45) is 0 Å². The van der Waals surface area contributed by atoms with Crippen LogP contribution in [-0.4, -0.2) is 55.5 Å². The molecule has 0 aliphatic carbocycles. The number of hydrogen-bond donors (Lipinski definition) is 1. The van der Waals surface area contributed by atoms with Gasteiger partial charge in [-0.1, -0.05) is 6.07 Å². The lowest BCUT2D eigenvalue weighted by Crippen LogP contribution is -2.52. The van der Waals surface area contributed by atoms with Gasteiger partial charge in [0.2, 0.25) is 10.0 Å². The van der Waals surface area contributed by atoms with Crippen LogP contribution in [0.5, 0.6) is 0 Å². The number of nitrogens with zero attached hydrogens (tertiary/aromatic N) is 2. The van der Waals surface area contributed by atoms with E-state index in [0.29, 0.717) is 19.6 Å². The number of likely N-dealkylation sites (N-methyl/N-ethyl adjacent to an activating group) is 1. The maximum atomic E-state index is 13.4. The fourth-order valence-electron chi connectivity index (χ4n) is 2.51. The monoisotopic (exact) mass is 302 g/mol. The Morgan fingerprint density at radius 2 is 2.10 bits per heavy atom. The van der Waals surface area contributed by atoms with Gasteiger partial charge >= 0.3 is 0 Å². The van der Waals surface area contributed by atoms with E-state index >= 15 is 0 Å². The van der Waals surface area contributed by atoms with E-state index in [1.54, 1.807) is 0 Å². The highest BCUT2D eigenvalue weighted by Crippen LogP contribution is 2.25. The third kappa shape index (κ3) is 2.85. The van der Waals surface area contributed by atoms with Crippen LogP contribution in [0, 0.1) is 5.82 Å². The van der Waals surface area contributed by atoms with Crippen molar-refractivity contribution in [3.05, 3.63) is 29.6 Å². The zero-order valence-corrected chi connectivity index (χ0v) is 12.4. The Balaban J connectivity index is 2.42. The van der Waals surface area contributed by atoms with Gasteiger partial charge in [-0.2, -0.15) is 4.31 Å². The maximum absolute atomic E-state index is 13.4. The van der Waals surface area contributed by atoms with Crippen molar-refractivity contribution >= 4 is 10.0 Å². The molecule has 7 heteroatoms. The molecule has 1 atom stereocenters. The summed E-state index contributed by atoms with van der Waals surface area (Å²) in [5.74, 6) is -0.623. The Morgan fingerprint density at radius 1 is 1.40 bits per heavy atom. The van der Waals surface area contributed by atoms with E-state index in [1.165, 1.54) is 10.4 Å². The highest BCUT2D eigenvalue weighted by atomic mass is 32.2. The van der Waals surface area contributed by atoms with E-state index in [0.717, 1.165) is 12.1 Å². The number of piperazine rings is 1. The maximum Gasteiger partial charge on any atom is 0.243 e. The lowest BCUT2D eigenvalue weighted by Gasteiger charge is -2.37. The zero-order chi connectivity index (χ0) is 14.9. The molecule has 1 saturated heterocycles. The molecule has 112 valence electrons. The average molecular weight is 302 g/mol. The molecule has 2 rings (SSSR count). The van der Waals surface area contributed by atoms with E-state index in [4.69, 9.17) is 0 Å². The topological polar surface area (TPSA) is 60.9 Å². The Kier molecular flexibility index (Phi) is 4.43. The van der Waals surface area contributed by atoms with E-state index < -0.39 is 22.4 Å². The van der Waals surface area contributed by atoms with Crippen molar-refractivity contribution < 1.29 is 17.9 Å². The first-order chi connectivity index (χ1) is 9.36. The van der Waals surface area contributed by atoms with Crippen molar-refractivity contribution in [3.63, 3.8) is 0 Å². The number of halogens is 1. The summed E-state index contributed by atoms with van der Waals surface area (Å²) in [6, 6.07) is 3.25. The van der Waals surface area contributed by atoms with Crippen molar-refractivity contribution in [1.29, 1.82) is 0 Å². The highest BCUT2D eigenvalue weighted by molar-refractivity contribution is 7.89. The third-order valence-corrected chi connectivity index (χ3v) is 5.65. The Labute approximate surface area is 118 Å². The SMILES string of the molecule is CC1CN(C)CCN1S(=O)(=O)c1cc(F)ccc1CO. The Hall–Kier alpha value is -1.02. The van der Waals surface area contributed by atoms with Gasteiger partial charge in [-0.25, -0.2) is 12.8 Å². The molecular formula is C13H19FN2O3S. The van der Waals surface area contributed by atoms with E-state index in [1.807, 2.05) is 14.0 Å². The lowest BCUT2D eigenvalue weighted by molar-refractivity contribution is 0.170. The quantitative estimate of drug-likeness (QED) is 0.890. The molecule has 1 aromatic carbocycles. The molecule has 1 heterocycles. The van der Waals surface area contributed by atoms with Crippen LogP contribution in [0.25, 0.3) is 0 Å². The molecule has 5 nitrogen and oxygen atoms in total. The molecule has 0 aromatic heterocycles. The standard InChI is InChI=1S/C13H19FN2O3S/c1-10-8-15(2)5-6-16(10)20(18,19)13-7-12(14)4-3-11(13)9-17/h3-4,7,10,17H,5-6,8-9H2,1-2H3. The Bertz CT molecular complexity index is 591. The van der Waals surface area contributed by atoms with Crippen LogP contribution in [0.3, 0.4) is 0 Å². The molecule has 0 radical (unpaired) electrons. The molecule has 0 bridgehead atoms. The van der Waals surface area contributed by atoms with Crippen molar-refractivity contribution in [1.82, 2.24) is 9.21 Å². The molecule has 1 fully saturated rings. The third-order valence-electron chi connectivity index (χ3n) is 3.56. The molecule has 0 amide bonds. The van der Waals surface area contributed by atoms with Crippen LogP contribution >= 0.6 is 0 Å². The highest BCUT2D eigenvalue weighted by Gasteiger charge is 2.34. The van der Waals surface area contributed by atoms with Crippen LogP contribution in [0.15, 0.2) is 23.1 Å². The lowest BCUT2D eigenvalue weighted by atomic mass is 10.2. The summed E-state index contributed by atoms with van der Waals surface area (Å²) >= 11 is 0. The van der Waals surface area contributed by atoms with E-state index in [2.05, 4.69) is 4.90 Å². The van der Waals surface area contributed by atoms with Gasteiger partial charge in [-0.3, -0.25) is 0 Å². The fraction of sp³-hybridized carbons (Fsp3) is 0.538. The van der Waals surface area contributed by atoms with Gasteiger partial charge in [0.1, 0.15) is 5.82 Å². The number of aliphatic hydroxyl groups is 1. The summed E-state index contributed by atoms with van der Waals surface area (Å²) in [7, 11) is -1.86. The average Bonchev–Trinajstić information content (AvgIpc) is 2.38. The first kappa shape index (κ1) is 15.4. The molecular weight excluding hydrogens is 283 g/mol. The normalized spacial score (nSPS) is 22.1. The summed E-state index contributed by atoms with van der Waals surface area (Å²) in [5, 5.41) is 9.27. The van der Waals surface area contributed by atoms with Crippen LogP contribution < -0.4 is 0 Å². The van der Waals surface area contributed by atoms with Crippen molar-refractivity contribution in [2.45, 2.75) is 24.5 Å². The van der Waals surface area contributed by atoms with E-state index in [-0.39, 0.29) is 16.5 Å². The fourth-order valence-corrected chi connectivity index (χ4v) is 4.35. The minimum atomic E-state index is -3.79. The second-order valence-electron chi connectivity index (χ2n) is 5.14. The minimum Gasteiger partial charge on any atom is -0.392 e. The largest absolute Gasteiger partial charge is 0.392 e. The van der Waals surface area contributed by atoms with Gasteiger partial charge in [-0.05, 0) is 31.7 Å². The zero-order valence-electron chi connectivity index (χ0n) is 11.6. The minimum absolute atomic E-state index is 0.142. The predicted molar refractivity (Wildman–Crippen MR) is 73.2 cm³/mol. The number of aliphatic hydroxyl groups excluding tert-OH is 1. The number of sulfonamides is 1. The summed E-state index contributed by atoms with van der Waals surface area (Å²) in [6.45, 7) is 3.01. The van der Waals surface area contributed by atoms with E-state index in [9.17, 15) is 17.9 Å². The number of hydrogen-bond acceptors (Lipinski definition) is 4. The molecule has 1 aliphatic rings. The predicted octanol–water partition coefficient (Wildman–Crippen LogP) is 0.643. The van der Waals surface area contributed by atoms with Crippen molar-refractivity contribution in [2.75, 3.05) is 26.7 Å². The molecule has 1 unspecified atom stereocenters. The molecule has 0 spiro atoms. The molecule has 1 aromatic rings. The van der Waals surface area contributed by atoms with Gasteiger partial charge in [-0.15, -0.1) is 0 Å². The van der Waals surface area contributed by atoms with Crippen LogP contribution in [0.1, 0.15) is 12.5 Å². The van der Waals surface area contributed by atoms with Gasteiger partial charge in [0.25, 0.3) is 0 Å².